The molecule has 2 heterocycles. The Hall–Kier alpha value is -2.72. The van der Waals surface area contributed by atoms with Gasteiger partial charge in [0.1, 0.15) is 0 Å². The smallest absolute Gasteiger partial charge is 0.253 e. The van der Waals surface area contributed by atoms with Crippen molar-refractivity contribution in [3.8, 4) is 0 Å². The topological polar surface area (TPSA) is 59.2 Å². The Balaban J connectivity index is 1.45. The highest BCUT2D eigenvalue weighted by atomic mass is 16.2. The number of aromatic nitrogens is 1. The fraction of sp³-hybridized carbons (Fsp3) is 0.273. The highest BCUT2D eigenvalue weighted by Crippen LogP contribution is 2.29. The van der Waals surface area contributed by atoms with Gasteiger partial charge in [0.2, 0.25) is 0 Å². The summed E-state index contributed by atoms with van der Waals surface area (Å²) in [5, 5.41) is 1.01. The van der Waals surface area contributed by atoms with Crippen molar-refractivity contribution in [2.75, 3.05) is 13.1 Å². The molecule has 2 aromatic carbocycles. The number of piperidine rings is 1. The number of carbonyl (C=O) groups is 1. The number of nitrogens with zero attached hydrogens (tertiary/aromatic N) is 2. The molecule has 4 heteroatoms. The normalized spacial score (nSPS) is 15.3. The summed E-state index contributed by atoms with van der Waals surface area (Å²) < 4.78 is 0. The summed E-state index contributed by atoms with van der Waals surface area (Å²) in [6.45, 7) is 2.16. The van der Waals surface area contributed by atoms with Crippen LogP contribution < -0.4 is 5.73 Å². The van der Waals surface area contributed by atoms with E-state index in [1.54, 1.807) is 6.20 Å². The van der Waals surface area contributed by atoms with Gasteiger partial charge >= 0.3 is 0 Å². The number of hydrogen-bond donors (Lipinski definition) is 1. The highest BCUT2D eigenvalue weighted by Gasteiger charge is 2.24. The first-order valence-electron chi connectivity index (χ1n) is 9.17. The Morgan fingerprint density at radius 3 is 2.73 bits per heavy atom. The average molecular weight is 345 g/mol. The van der Waals surface area contributed by atoms with E-state index in [2.05, 4.69) is 29.2 Å². The lowest BCUT2D eigenvalue weighted by atomic mass is 9.88. The number of carbonyl (C=O) groups excluding carboxylic acids is 1. The van der Waals surface area contributed by atoms with Crippen molar-refractivity contribution in [2.24, 2.45) is 5.73 Å². The second kappa shape index (κ2) is 7.26. The molecule has 1 aliphatic heterocycles. The molecule has 0 radical (unpaired) electrons. The molecule has 1 fully saturated rings. The van der Waals surface area contributed by atoms with Crippen molar-refractivity contribution < 1.29 is 4.79 Å². The van der Waals surface area contributed by atoms with Crippen LogP contribution >= 0.6 is 0 Å². The third kappa shape index (κ3) is 3.33. The van der Waals surface area contributed by atoms with Crippen LogP contribution in [-0.4, -0.2) is 28.9 Å². The maximum atomic E-state index is 12.9. The molecule has 2 N–H and O–H groups in total. The van der Waals surface area contributed by atoms with E-state index >= 15 is 0 Å². The first kappa shape index (κ1) is 16.7. The Bertz CT molecular complexity index is 929. The summed E-state index contributed by atoms with van der Waals surface area (Å²) in [7, 11) is 0. The molecule has 4 rings (SSSR count). The van der Waals surface area contributed by atoms with Crippen LogP contribution in [0.3, 0.4) is 0 Å². The van der Waals surface area contributed by atoms with Crippen molar-refractivity contribution >= 4 is 16.8 Å². The molecule has 1 saturated heterocycles. The van der Waals surface area contributed by atoms with Crippen molar-refractivity contribution in [3.63, 3.8) is 0 Å². The van der Waals surface area contributed by atoms with Crippen LogP contribution in [0.25, 0.3) is 10.9 Å². The van der Waals surface area contributed by atoms with E-state index in [0.717, 1.165) is 42.4 Å². The number of likely N-dealkylation sites (tertiary alicyclic amines) is 1. The zero-order valence-corrected chi connectivity index (χ0v) is 14.8. The first-order valence-corrected chi connectivity index (χ1v) is 9.17. The van der Waals surface area contributed by atoms with E-state index in [1.807, 2.05) is 35.2 Å². The molecule has 0 unspecified atom stereocenters. The molecule has 4 nitrogen and oxygen atoms in total. The molecule has 0 spiro atoms. The van der Waals surface area contributed by atoms with Gasteiger partial charge in [-0.1, -0.05) is 30.3 Å². The second-order valence-corrected chi connectivity index (χ2v) is 6.93. The first-order chi connectivity index (χ1) is 12.7. The lowest BCUT2D eigenvalue weighted by Crippen LogP contribution is -2.37. The molecule has 0 bridgehead atoms. The van der Waals surface area contributed by atoms with Gasteiger partial charge in [0, 0.05) is 36.8 Å². The molecule has 1 aromatic heterocycles. The van der Waals surface area contributed by atoms with Gasteiger partial charge in [0.05, 0.1) is 5.52 Å². The van der Waals surface area contributed by atoms with E-state index < -0.39 is 0 Å². The minimum atomic E-state index is 0.116. The number of pyridine rings is 1. The fourth-order valence-corrected chi connectivity index (χ4v) is 3.78. The summed E-state index contributed by atoms with van der Waals surface area (Å²) in [4.78, 5) is 19.2. The van der Waals surface area contributed by atoms with E-state index in [-0.39, 0.29) is 5.91 Å². The van der Waals surface area contributed by atoms with E-state index in [4.69, 9.17) is 5.73 Å². The van der Waals surface area contributed by atoms with Gasteiger partial charge in [-0.2, -0.15) is 0 Å². The monoisotopic (exact) mass is 345 g/mol. The lowest BCUT2D eigenvalue weighted by molar-refractivity contribution is 0.0713. The zero-order chi connectivity index (χ0) is 17.9. The summed E-state index contributed by atoms with van der Waals surface area (Å²) in [5.41, 5.74) is 9.94. The number of nitrogens with two attached hydrogens (primary N) is 1. The third-order valence-corrected chi connectivity index (χ3v) is 5.29. The maximum absolute atomic E-state index is 12.9. The lowest BCUT2D eigenvalue weighted by Gasteiger charge is -2.32. The van der Waals surface area contributed by atoms with Crippen LogP contribution in [0.2, 0.25) is 0 Å². The molecule has 0 aliphatic carbocycles. The second-order valence-electron chi connectivity index (χ2n) is 6.93. The predicted octanol–water partition coefficient (Wildman–Crippen LogP) is 3.71. The van der Waals surface area contributed by atoms with Crippen LogP contribution in [0.15, 0.2) is 60.8 Å². The molecule has 0 saturated carbocycles. The number of benzene rings is 2. The van der Waals surface area contributed by atoms with Crippen LogP contribution in [0, 0.1) is 0 Å². The molecule has 132 valence electrons. The number of amides is 1. The summed E-state index contributed by atoms with van der Waals surface area (Å²) >= 11 is 0. The summed E-state index contributed by atoms with van der Waals surface area (Å²) in [5.74, 6) is 0.622. The van der Waals surface area contributed by atoms with Gasteiger partial charge in [-0.15, -0.1) is 0 Å². The van der Waals surface area contributed by atoms with Gasteiger partial charge in [-0.25, -0.2) is 0 Å². The Morgan fingerprint density at radius 1 is 1.08 bits per heavy atom. The van der Waals surface area contributed by atoms with Crippen molar-refractivity contribution in [1.82, 2.24) is 9.88 Å². The predicted molar refractivity (Wildman–Crippen MR) is 104 cm³/mol. The van der Waals surface area contributed by atoms with Crippen molar-refractivity contribution in [1.29, 1.82) is 0 Å². The maximum Gasteiger partial charge on any atom is 0.253 e. The zero-order valence-electron chi connectivity index (χ0n) is 14.8. The van der Waals surface area contributed by atoms with E-state index in [1.165, 1.54) is 11.1 Å². The SMILES string of the molecule is NCc1cccc(C2CCN(C(=O)c3ccc4ncccc4c3)CC2)c1. The summed E-state index contributed by atoms with van der Waals surface area (Å²) in [6.07, 6.45) is 3.76. The molecular formula is C22H23N3O. The third-order valence-electron chi connectivity index (χ3n) is 5.29. The number of rotatable bonds is 3. The Morgan fingerprint density at radius 2 is 1.92 bits per heavy atom. The van der Waals surface area contributed by atoms with Crippen LogP contribution in [0.5, 0.6) is 0 Å². The average Bonchev–Trinajstić information content (AvgIpc) is 2.73. The van der Waals surface area contributed by atoms with Crippen LogP contribution in [0.1, 0.15) is 40.2 Å². The molecule has 0 atom stereocenters. The minimum absolute atomic E-state index is 0.116. The highest BCUT2D eigenvalue weighted by molar-refractivity contribution is 5.98. The molecular weight excluding hydrogens is 322 g/mol. The van der Waals surface area contributed by atoms with E-state index in [9.17, 15) is 4.79 Å². The van der Waals surface area contributed by atoms with Crippen molar-refractivity contribution in [2.45, 2.75) is 25.3 Å². The Kier molecular flexibility index (Phi) is 4.67. The summed E-state index contributed by atoms with van der Waals surface area (Å²) in [6, 6.07) is 18.2. The standard InChI is InChI=1S/C22H23N3O/c23-15-16-3-1-4-18(13-16)17-8-11-25(12-9-17)22(26)20-6-7-21-19(14-20)5-2-10-24-21/h1-7,10,13-14,17H,8-9,11-12,15,23H2. The van der Waals surface area contributed by atoms with Gasteiger partial charge < -0.3 is 10.6 Å². The molecule has 26 heavy (non-hydrogen) atoms. The number of hydrogen-bond acceptors (Lipinski definition) is 3. The minimum Gasteiger partial charge on any atom is -0.339 e. The van der Waals surface area contributed by atoms with Gasteiger partial charge in [0.25, 0.3) is 5.91 Å². The van der Waals surface area contributed by atoms with Crippen LogP contribution in [-0.2, 0) is 6.54 Å². The van der Waals surface area contributed by atoms with Crippen LogP contribution in [0.4, 0.5) is 0 Å². The molecule has 1 amide bonds. The van der Waals surface area contributed by atoms with Gasteiger partial charge in [-0.05, 0) is 54.2 Å². The quantitative estimate of drug-likeness (QED) is 0.787. The van der Waals surface area contributed by atoms with E-state index in [0.29, 0.717) is 12.5 Å². The number of fused-ring (bicyclic) bond motifs is 1. The van der Waals surface area contributed by atoms with Gasteiger partial charge in [0.15, 0.2) is 0 Å². The van der Waals surface area contributed by atoms with Gasteiger partial charge in [-0.3, -0.25) is 9.78 Å². The largest absolute Gasteiger partial charge is 0.339 e. The molecule has 1 aliphatic rings. The molecule has 3 aromatic rings. The van der Waals surface area contributed by atoms with Crippen molar-refractivity contribution in [3.05, 3.63) is 77.5 Å². The Labute approximate surface area is 153 Å². The fourth-order valence-electron chi connectivity index (χ4n) is 3.78.